The molecule has 0 aromatic heterocycles. The van der Waals surface area contributed by atoms with Gasteiger partial charge in [0.25, 0.3) is 0 Å². The molecule has 0 radical (unpaired) electrons. The molecule has 1 aromatic carbocycles. The standard InChI is InChI=1S/C14H22BrN/c1-11(2)9-16-10-14(3,4)12-6-5-7-13(15)8-12/h5-8,11,16H,9-10H2,1-4H3. The van der Waals surface area contributed by atoms with Gasteiger partial charge in [0.05, 0.1) is 0 Å². The van der Waals surface area contributed by atoms with Crippen LogP contribution in [0.3, 0.4) is 0 Å². The van der Waals surface area contributed by atoms with Crippen LogP contribution in [-0.4, -0.2) is 13.1 Å². The zero-order valence-electron chi connectivity index (χ0n) is 10.7. The highest BCUT2D eigenvalue weighted by atomic mass is 79.9. The van der Waals surface area contributed by atoms with Crippen LogP contribution in [0.4, 0.5) is 0 Å². The molecule has 0 aliphatic rings. The van der Waals surface area contributed by atoms with Crippen LogP contribution in [0.1, 0.15) is 33.3 Å². The molecule has 1 aromatic rings. The topological polar surface area (TPSA) is 12.0 Å². The van der Waals surface area contributed by atoms with E-state index in [1.165, 1.54) is 5.56 Å². The first-order chi connectivity index (χ1) is 7.42. The first-order valence-corrected chi connectivity index (χ1v) is 6.68. The minimum Gasteiger partial charge on any atom is -0.316 e. The number of hydrogen-bond acceptors (Lipinski definition) is 1. The van der Waals surface area contributed by atoms with Crippen LogP contribution >= 0.6 is 15.9 Å². The van der Waals surface area contributed by atoms with Crippen LogP contribution in [0.5, 0.6) is 0 Å². The molecule has 1 N–H and O–H groups in total. The molecule has 16 heavy (non-hydrogen) atoms. The zero-order chi connectivity index (χ0) is 12.2. The molecule has 0 heterocycles. The minimum absolute atomic E-state index is 0.179. The van der Waals surface area contributed by atoms with Crippen LogP contribution in [0.15, 0.2) is 28.7 Å². The van der Waals surface area contributed by atoms with Gasteiger partial charge < -0.3 is 5.32 Å². The summed E-state index contributed by atoms with van der Waals surface area (Å²) in [5.74, 6) is 0.707. The Hall–Kier alpha value is -0.340. The Bertz CT molecular complexity index is 331. The van der Waals surface area contributed by atoms with Gasteiger partial charge in [0.2, 0.25) is 0 Å². The van der Waals surface area contributed by atoms with E-state index in [1.54, 1.807) is 0 Å². The van der Waals surface area contributed by atoms with Crippen molar-refractivity contribution in [3.63, 3.8) is 0 Å². The van der Waals surface area contributed by atoms with E-state index in [1.807, 2.05) is 0 Å². The van der Waals surface area contributed by atoms with E-state index in [9.17, 15) is 0 Å². The quantitative estimate of drug-likeness (QED) is 0.862. The van der Waals surface area contributed by atoms with Gasteiger partial charge in [-0.25, -0.2) is 0 Å². The summed E-state index contributed by atoms with van der Waals surface area (Å²) in [6.45, 7) is 11.1. The summed E-state index contributed by atoms with van der Waals surface area (Å²) < 4.78 is 1.15. The summed E-state index contributed by atoms with van der Waals surface area (Å²) in [7, 11) is 0. The number of nitrogens with one attached hydrogen (secondary N) is 1. The minimum atomic E-state index is 0.179. The molecule has 1 rings (SSSR count). The Kier molecular flexibility index (Phi) is 5.00. The van der Waals surface area contributed by atoms with Crippen LogP contribution in [-0.2, 0) is 5.41 Å². The van der Waals surface area contributed by atoms with Crippen LogP contribution in [0, 0.1) is 5.92 Å². The van der Waals surface area contributed by atoms with Crippen LogP contribution in [0.25, 0.3) is 0 Å². The molecule has 0 bridgehead atoms. The average Bonchev–Trinajstić information content (AvgIpc) is 2.16. The number of hydrogen-bond donors (Lipinski definition) is 1. The van der Waals surface area contributed by atoms with Crippen molar-refractivity contribution in [3.8, 4) is 0 Å². The Labute approximate surface area is 108 Å². The maximum absolute atomic E-state index is 3.53. The molecule has 1 nitrogen and oxygen atoms in total. The second-order valence-corrected chi connectivity index (χ2v) is 6.33. The molecule has 0 amide bonds. The summed E-state index contributed by atoms with van der Waals surface area (Å²) in [5, 5.41) is 3.53. The lowest BCUT2D eigenvalue weighted by atomic mass is 9.84. The van der Waals surface area contributed by atoms with E-state index in [-0.39, 0.29) is 5.41 Å². The zero-order valence-corrected chi connectivity index (χ0v) is 12.3. The molecule has 0 saturated carbocycles. The number of rotatable bonds is 5. The third-order valence-electron chi connectivity index (χ3n) is 2.73. The van der Waals surface area contributed by atoms with Crippen molar-refractivity contribution < 1.29 is 0 Å². The van der Waals surface area contributed by atoms with Crippen molar-refractivity contribution >= 4 is 15.9 Å². The van der Waals surface area contributed by atoms with Gasteiger partial charge in [0.15, 0.2) is 0 Å². The van der Waals surface area contributed by atoms with E-state index in [4.69, 9.17) is 0 Å². The van der Waals surface area contributed by atoms with Crippen molar-refractivity contribution in [1.29, 1.82) is 0 Å². The second kappa shape index (κ2) is 5.83. The van der Waals surface area contributed by atoms with Crippen molar-refractivity contribution in [3.05, 3.63) is 34.3 Å². The van der Waals surface area contributed by atoms with Gasteiger partial charge in [0, 0.05) is 16.4 Å². The van der Waals surface area contributed by atoms with Gasteiger partial charge in [-0.05, 0) is 30.2 Å². The number of halogens is 1. The first kappa shape index (κ1) is 13.7. The number of benzene rings is 1. The van der Waals surface area contributed by atoms with E-state index in [0.29, 0.717) is 5.92 Å². The van der Waals surface area contributed by atoms with Crippen molar-refractivity contribution in [2.75, 3.05) is 13.1 Å². The van der Waals surface area contributed by atoms with Crippen molar-refractivity contribution in [2.45, 2.75) is 33.1 Å². The van der Waals surface area contributed by atoms with Gasteiger partial charge >= 0.3 is 0 Å². The molecule has 0 aliphatic heterocycles. The molecular formula is C14H22BrN. The van der Waals surface area contributed by atoms with Crippen LogP contribution in [0.2, 0.25) is 0 Å². The summed E-state index contributed by atoms with van der Waals surface area (Å²) in [6.07, 6.45) is 0. The molecular weight excluding hydrogens is 262 g/mol. The van der Waals surface area contributed by atoms with Crippen molar-refractivity contribution in [2.24, 2.45) is 5.92 Å². The molecule has 0 atom stereocenters. The molecule has 0 spiro atoms. The maximum Gasteiger partial charge on any atom is 0.0178 e. The fraction of sp³-hybridized carbons (Fsp3) is 0.571. The average molecular weight is 284 g/mol. The Morgan fingerprint density at radius 3 is 2.56 bits per heavy atom. The first-order valence-electron chi connectivity index (χ1n) is 5.88. The Morgan fingerprint density at radius 1 is 1.31 bits per heavy atom. The highest BCUT2D eigenvalue weighted by molar-refractivity contribution is 9.10. The highest BCUT2D eigenvalue weighted by Gasteiger charge is 2.20. The van der Waals surface area contributed by atoms with Gasteiger partial charge in [-0.15, -0.1) is 0 Å². The SMILES string of the molecule is CC(C)CNCC(C)(C)c1cccc(Br)c1. The second-order valence-electron chi connectivity index (χ2n) is 5.42. The summed E-state index contributed by atoms with van der Waals surface area (Å²) >= 11 is 3.53. The predicted molar refractivity (Wildman–Crippen MR) is 74.9 cm³/mol. The van der Waals surface area contributed by atoms with Crippen molar-refractivity contribution in [1.82, 2.24) is 5.32 Å². The molecule has 0 fully saturated rings. The Balaban J connectivity index is 2.62. The fourth-order valence-corrected chi connectivity index (χ4v) is 2.08. The molecule has 0 saturated heterocycles. The molecule has 0 aliphatic carbocycles. The molecule has 2 heteroatoms. The molecule has 0 unspecified atom stereocenters. The van der Waals surface area contributed by atoms with E-state index in [0.717, 1.165) is 17.6 Å². The summed E-state index contributed by atoms with van der Waals surface area (Å²) in [5.41, 5.74) is 1.55. The normalized spacial score (nSPS) is 12.1. The third kappa shape index (κ3) is 4.26. The van der Waals surface area contributed by atoms with Gasteiger partial charge in [-0.1, -0.05) is 55.8 Å². The van der Waals surface area contributed by atoms with Crippen LogP contribution < -0.4 is 5.32 Å². The smallest absolute Gasteiger partial charge is 0.0178 e. The highest BCUT2D eigenvalue weighted by Crippen LogP contribution is 2.24. The predicted octanol–water partition coefficient (Wildman–Crippen LogP) is 3.97. The monoisotopic (exact) mass is 283 g/mol. The fourth-order valence-electron chi connectivity index (χ4n) is 1.68. The van der Waals surface area contributed by atoms with Gasteiger partial charge in [-0.3, -0.25) is 0 Å². The van der Waals surface area contributed by atoms with Gasteiger partial charge in [0.1, 0.15) is 0 Å². The van der Waals surface area contributed by atoms with E-state index < -0.39 is 0 Å². The largest absolute Gasteiger partial charge is 0.316 e. The maximum atomic E-state index is 3.53. The lowest BCUT2D eigenvalue weighted by Crippen LogP contribution is -2.34. The Morgan fingerprint density at radius 2 is 2.00 bits per heavy atom. The van der Waals surface area contributed by atoms with E-state index in [2.05, 4.69) is 73.2 Å². The lowest BCUT2D eigenvalue weighted by molar-refractivity contribution is 0.443. The summed E-state index contributed by atoms with van der Waals surface area (Å²) in [6, 6.07) is 8.57. The van der Waals surface area contributed by atoms with E-state index >= 15 is 0 Å². The van der Waals surface area contributed by atoms with Gasteiger partial charge in [-0.2, -0.15) is 0 Å². The third-order valence-corrected chi connectivity index (χ3v) is 3.22. The lowest BCUT2D eigenvalue weighted by Gasteiger charge is -2.26. The molecule has 90 valence electrons. The summed E-state index contributed by atoms with van der Waals surface area (Å²) in [4.78, 5) is 0.